The summed E-state index contributed by atoms with van der Waals surface area (Å²) in [6, 6.07) is 8.67. The SMILES string of the molecule is CC1CC1C(=O)NCCN1CCc2ccccc2C1. The molecule has 1 aliphatic carbocycles. The van der Waals surface area contributed by atoms with Gasteiger partial charge in [-0.3, -0.25) is 9.69 Å². The van der Waals surface area contributed by atoms with Crippen molar-refractivity contribution in [3.63, 3.8) is 0 Å². The molecule has 1 N–H and O–H groups in total. The zero-order valence-corrected chi connectivity index (χ0v) is 11.6. The Balaban J connectivity index is 1.43. The molecule has 1 aliphatic heterocycles. The Morgan fingerprint density at radius 3 is 2.84 bits per heavy atom. The van der Waals surface area contributed by atoms with E-state index in [4.69, 9.17) is 0 Å². The number of fused-ring (bicyclic) bond motifs is 1. The Morgan fingerprint density at radius 1 is 1.37 bits per heavy atom. The maximum absolute atomic E-state index is 11.7. The van der Waals surface area contributed by atoms with Gasteiger partial charge in [-0.05, 0) is 29.9 Å². The van der Waals surface area contributed by atoms with Crippen LogP contribution in [-0.4, -0.2) is 30.4 Å². The Hall–Kier alpha value is -1.35. The molecule has 19 heavy (non-hydrogen) atoms. The predicted molar refractivity (Wildman–Crippen MR) is 75.7 cm³/mol. The van der Waals surface area contributed by atoms with Gasteiger partial charge < -0.3 is 5.32 Å². The number of hydrogen-bond donors (Lipinski definition) is 1. The third-order valence-corrected chi connectivity index (χ3v) is 4.38. The molecule has 0 radical (unpaired) electrons. The zero-order valence-electron chi connectivity index (χ0n) is 11.6. The fraction of sp³-hybridized carbons (Fsp3) is 0.562. The van der Waals surface area contributed by atoms with Crippen LogP contribution in [0.2, 0.25) is 0 Å². The summed E-state index contributed by atoms with van der Waals surface area (Å²) in [5.74, 6) is 1.15. The van der Waals surface area contributed by atoms with Gasteiger partial charge in [-0.25, -0.2) is 0 Å². The summed E-state index contributed by atoms with van der Waals surface area (Å²) in [5, 5.41) is 3.07. The molecule has 2 atom stereocenters. The molecule has 1 aromatic carbocycles. The molecule has 0 spiro atoms. The van der Waals surface area contributed by atoms with Crippen molar-refractivity contribution in [2.45, 2.75) is 26.3 Å². The van der Waals surface area contributed by atoms with Crippen LogP contribution in [0.15, 0.2) is 24.3 Å². The highest BCUT2D eigenvalue weighted by Crippen LogP contribution is 2.37. The number of carbonyl (C=O) groups is 1. The first-order valence-corrected chi connectivity index (χ1v) is 7.31. The summed E-state index contributed by atoms with van der Waals surface area (Å²) < 4.78 is 0. The number of amides is 1. The minimum Gasteiger partial charge on any atom is -0.355 e. The average molecular weight is 258 g/mol. The standard InChI is InChI=1S/C16H22N2O/c1-12-10-15(12)16(19)17-7-9-18-8-6-13-4-2-3-5-14(13)11-18/h2-5,12,15H,6-11H2,1H3,(H,17,19). The Bertz CT molecular complexity index is 472. The molecule has 0 aromatic heterocycles. The molecule has 0 bridgehead atoms. The molecule has 1 aromatic rings. The van der Waals surface area contributed by atoms with E-state index in [1.165, 1.54) is 11.1 Å². The average Bonchev–Trinajstić information content (AvgIpc) is 3.16. The molecule has 1 amide bonds. The van der Waals surface area contributed by atoms with Crippen molar-refractivity contribution in [2.24, 2.45) is 11.8 Å². The van der Waals surface area contributed by atoms with Gasteiger partial charge in [-0.15, -0.1) is 0 Å². The predicted octanol–water partition coefficient (Wildman–Crippen LogP) is 1.82. The number of hydrogen-bond acceptors (Lipinski definition) is 2. The molecule has 2 unspecified atom stereocenters. The van der Waals surface area contributed by atoms with Gasteiger partial charge in [0.2, 0.25) is 5.91 Å². The van der Waals surface area contributed by atoms with Crippen molar-refractivity contribution in [1.29, 1.82) is 0 Å². The highest BCUT2D eigenvalue weighted by atomic mass is 16.2. The van der Waals surface area contributed by atoms with E-state index in [0.29, 0.717) is 11.8 Å². The number of rotatable bonds is 4. The minimum absolute atomic E-state index is 0.255. The summed E-state index contributed by atoms with van der Waals surface area (Å²) in [4.78, 5) is 14.2. The molecular formula is C16H22N2O. The fourth-order valence-corrected chi connectivity index (χ4v) is 2.90. The Kier molecular flexibility index (Phi) is 3.56. The van der Waals surface area contributed by atoms with E-state index in [1.54, 1.807) is 0 Å². The van der Waals surface area contributed by atoms with Crippen molar-refractivity contribution in [3.05, 3.63) is 35.4 Å². The van der Waals surface area contributed by atoms with Crippen LogP contribution >= 0.6 is 0 Å². The summed E-state index contributed by atoms with van der Waals surface area (Å²) >= 11 is 0. The van der Waals surface area contributed by atoms with Crippen molar-refractivity contribution in [2.75, 3.05) is 19.6 Å². The zero-order chi connectivity index (χ0) is 13.2. The van der Waals surface area contributed by atoms with Crippen LogP contribution in [0.4, 0.5) is 0 Å². The van der Waals surface area contributed by atoms with Crippen molar-refractivity contribution in [1.82, 2.24) is 10.2 Å². The van der Waals surface area contributed by atoms with Crippen molar-refractivity contribution >= 4 is 5.91 Å². The third kappa shape index (κ3) is 2.98. The smallest absolute Gasteiger partial charge is 0.223 e. The molecule has 3 rings (SSSR count). The van der Waals surface area contributed by atoms with E-state index >= 15 is 0 Å². The second kappa shape index (κ2) is 5.33. The Labute approximate surface area is 115 Å². The Morgan fingerprint density at radius 2 is 2.11 bits per heavy atom. The second-order valence-corrected chi connectivity index (χ2v) is 5.91. The van der Waals surface area contributed by atoms with Crippen LogP contribution in [0.25, 0.3) is 0 Å². The molecule has 1 saturated carbocycles. The molecule has 3 heteroatoms. The van der Waals surface area contributed by atoms with E-state index < -0.39 is 0 Å². The van der Waals surface area contributed by atoms with Gasteiger partial charge in [0.1, 0.15) is 0 Å². The lowest BCUT2D eigenvalue weighted by Crippen LogP contribution is -2.38. The van der Waals surface area contributed by atoms with Crippen LogP contribution in [-0.2, 0) is 17.8 Å². The molecular weight excluding hydrogens is 236 g/mol. The lowest BCUT2D eigenvalue weighted by atomic mass is 10.00. The van der Waals surface area contributed by atoms with Gasteiger partial charge in [0.05, 0.1) is 0 Å². The highest BCUT2D eigenvalue weighted by Gasteiger charge is 2.38. The first kappa shape index (κ1) is 12.7. The van der Waals surface area contributed by atoms with Crippen molar-refractivity contribution < 1.29 is 4.79 Å². The molecule has 3 nitrogen and oxygen atoms in total. The van der Waals surface area contributed by atoms with Crippen LogP contribution in [0.1, 0.15) is 24.5 Å². The van der Waals surface area contributed by atoms with E-state index in [2.05, 4.69) is 41.4 Å². The van der Waals surface area contributed by atoms with Gasteiger partial charge in [0.25, 0.3) is 0 Å². The van der Waals surface area contributed by atoms with Gasteiger partial charge in [-0.2, -0.15) is 0 Å². The quantitative estimate of drug-likeness (QED) is 0.893. The summed E-state index contributed by atoms with van der Waals surface area (Å²) in [5.41, 5.74) is 2.92. The first-order chi connectivity index (χ1) is 9.24. The van der Waals surface area contributed by atoms with Crippen LogP contribution in [0.3, 0.4) is 0 Å². The summed E-state index contributed by atoms with van der Waals surface area (Å²) in [7, 11) is 0. The van der Waals surface area contributed by atoms with E-state index in [9.17, 15) is 4.79 Å². The lowest BCUT2D eigenvalue weighted by molar-refractivity contribution is -0.122. The minimum atomic E-state index is 0.255. The maximum Gasteiger partial charge on any atom is 0.223 e. The molecule has 0 saturated heterocycles. The van der Waals surface area contributed by atoms with Crippen molar-refractivity contribution in [3.8, 4) is 0 Å². The van der Waals surface area contributed by atoms with Gasteiger partial charge in [0.15, 0.2) is 0 Å². The van der Waals surface area contributed by atoms with E-state index in [-0.39, 0.29) is 5.91 Å². The first-order valence-electron chi connectivity index (χ1n) is 7.31. The topological polar surface area (TPSA) is 32.3 Å². The maximum atomic E-state index is 11.7. The number of nitrogens with zero attached hydrogens (tertiary/aromatic N) is 1. The second-order valence-electron chi connectivity index (χ2n) is 5.91. The number of benzene rings is 1. The van der Waals surface area contributed by atoms with Crippen LogP contribution in [0.5, 0.6) is 0 Å². The molecule has 2 aliphatic rings. The summed E-state index contributed by atoms with van der Waals surface area (Å²) in [6.07, 6.45) is 2.20. The largest absolute Gasteiger partial charge is 0.355 e. The monoisotopic (exact) mass is 258 g/mol. The molecule has 102 valence electrons. The summed E-state index contributed by atoms with van der Waals surface area (Å²) in [6.45, 7) is 6.01. The van der Waals surface area contributed by atoms with E-state index in [0.717, 1.165) is 39.0 Å². The lowest BCUT2D eigenvalue weighted by Gasteiger charge is -2.28. The van der Waals surface area contributed by atoms with Gasteiger partial charge >= 0.3 is 0 Å². The highest BCUT2D eigenvalue weighted by molar-refractivity contribution is 5.81. The number of carbonyl (C=O) groups excluding carboxylic acids is 1. The molecule has 1 heterocycles. The number of nitrogens with one attached hydrogen (secondary N) is 1. The molecule has 1 fully saturated rings. The van der Waals surface area contributed by atoms with Crippen LogP contribution in [0, 0.1) is 11.8 Å². The fourth-order valence-electron chi connectivity index (χ4n) is 2.90. The van der Waals surface area contributed by atoms with Crippen LogP contribution < -0.4 is 5.32 Å². The third-order valence-electron chi connectivity index (χ3n) is 4.38. The normalized spacial score (nSPS) is 25.7. The van der Waals surface area contributed by atoms with Gasteiger partial charge in [0, 0.05) is 32.1 Å². The van der Waals surface area contributed by atoms with Gasteiger partial charge in [-0.1, -0.05) is 31.2 Å². The van der Waals surface area contributed by atoms with E-state index in [1.807, 2.05) is 0 Å².